The minimum Gasteiger partial charge on any atom is -0.545 e. The third kappa shape index (κ3) is 2.88. The molecule has 3 rings (SSSR count). The maximum Gasteiger partial charge on any atom is 0.265 e. The maximum absolute atomic E-state index is 12.6. The number of carboxylic acids is 1. The second-order valence-corrected chi connectivity index (χ2v) is 6.58. The molecule has 0 atom stereocenters. The van der Waals surface area contributed by atoms with Crippen molar-refractivity contribution in [2.75, 3.05) is 11.8 Å². The van der Waals surface area contributed by atoms with Crippen LogP contribution in [-0.2, 0) is 10.0 Å². The molecule has 2 aromatic carbocycles. The zero-order valence-corrected chi connectivity index (χ0v) is 13.3. The lowest BCUT2D eigenvalue weighted by atomic mass is 10.2. The molecule has 3 aromatic rings. The molecular weight excluding hydrogens is 334 g/mol. The van der Waals surface area contributed by atoms with Gasteiger partial charge in [0.15, 0.2) is 0 Å². The van der Waals surface area contributed by atoms with Crippen molar-refractivity contribution in [3.05, 3.63) is 48.2 Å². The van der Waals surface area contributed by atoms with Gasteiger partial charge in [-0.2, -0.15) is 5.10 Å². The fraction of sp³-hybridized carbons (Fsp3) is 0.0667. The van der Waals surface area contributed by atoms with Crippen LogP contribution in [0.5, 0.6) is 5.75 Å². The Balaban J connectivity index is 2.03. The zero-order valence-electron chi connectivity index (χ0n) is 12.4. The van der Waals surface area contributed by atoms with Crippen LogP contribution in [0.15, 0.2) is 47.5 Å². The van der Waals surface area contributed by atoms with Crippen LogP contribution in [0.2, 0.25) is 0 Å². The Kier molecular flexibility index (Phi) is 3.86. The molecular formula is C15H12N3O5S-. The van der Waals surface area contributed by atoms with E-state index in [1.807, 2.05) is 0 Å². The Hall–Kier alpha value is -3.07. The highest BCUT2D eigenvalue weighted by atomic mass is 32.2. The number of rotatable bonds is 5. The molecule has 0 saturated heterocycles. The molecule has 1 aromatic heterocycles. The number of aromatic amines is 1. The number of fused-ring (bicyclic) bond motifs is 1. The molecule has 0 aliphatic rings. The van der Waals surface area contributed by atoms with Crippen LogP contribution in [0.1, 0.15) is 10.4 Å². The van der Waals surface area contributed by atoms with Gasteiger partial charge in [0, 0.05) is 5.39 Å². The molecule has 0 radical (unpaired) electrons. The van der Waals surface area contributed by atoms with E-state index in [9.17, 15) is 18.3 Å². The van der Waals surface area contributed by atoms with Gasteiger partial charge in [-0.05, 0) is 42.0 Å². The number of nitrogens with zero attached hydrogens (tertiary/aromatic N) is 1. The number of aromatic nitrogens is 2. The number of carboxylic acid groups (broad SMARTS) is 1. The molecule has 0 amide bonds. The monoisotopic (exact) mass is 346 g/mol. The van der Waals surface area contributed by atoms with E-state index in [-0.39, 0.29) is 16.2 Å². The first-order valence-corrected chi connectivity index (χ1v) is 8.24. The third-order valence-corrected chi connectivity index (χ3v) is 4.79. The Bertz CT molecular complexity index is 1030. The summed E-state index contributed by atoms with van der Waals surface area (Å²) in [4.78, 5) is 10.7. The second kappa shape index (κ2) is 5.85. The van der Waals surface area contributed by atoms with Crippen molar-refractivity contribution in [2.45, 2.75) is 4.90 Å². The average molecular weight is 346 g/mol. The van der Waals surface area contributed by atoms with Crippen LogP contribution in [0.3, 0.4) is 0 Å². The van der Waals surface area contributed by atoms with Crippen molar-refractivity contribution in [1.82, 2.24) is 10.2 Å². The predicted molar refractivity (Wildman–Crippen MR) is 84.2 cm³/mol. The lowest BCUT2D eigenvalue weighted by molar-refractivity contribution is -0.255. The van der Waals surface area contributed by atoms with Gasteiger partial charge in [-0.1, -0.05) is 0 Å². The van der Waals surface area contributed by atoms with Crippen molar-refractivity contribution in [3.8, 4) is 5.75 Å². The zero-order chi connectivity index (χ0) is 17.3. The fourth-order valence-electron chi connectivity index (χ4n) is 2.22. The number of sulfonamides is 1. The van der Waals surface area contributed by atoms with Crippen LogP contribution in [0, 0.1) is 0 Å². The van der Waals surface area contributed by atoms with Gasteiger partial charge in [0.25, 0.3) is 10.0 Å². The van der Waals surface area contributed by atoms with Crippen molar-refractivity contribution < 1.29 is 23.1 Å². The van der Waals surface area contributed by atoms with E-state index >= 15 is 0 Å². The number of H-pyrrole nitrogens is 1. The summed E-state index contributed by atoms with van der Waals surface area (Å²) in [6, 6.07) is 8.32. The van der Waals surface area contributed by atoms with Gasteiger partial charge in [0.2, 0.25) is 0 Å². The molecule has 124 valence electrons. The molecule has 0 spiro atoms. The molecule has 0 bridgehead atoms. The largest absolute Gasteiger partial charge is 0.545 e. The SMILES string of the molecule is COc1ccc(C(=O)[O-])cc1S(=O)(=O)Nc1ccc2cn[nH]c2c1. The number of anilines is 1. The summed E-state index contributed by atoms with van der Waals surface area (Å²) in [7, 11) is -2.77. The van der Waals surface area contributed by atoms with Crippen LogP contribution < -0.4 is 14.6 Å². The highest BCUT2D eigenvalue weighted by Gasteiger charge is 2.21. The summed E-state index contributed by atoms with van der Waals surface area (Å²) in [6.45, 7) is 0. The number of benzene rings is 2. The molecule has 0 saturated carbocycles. The first kappa shape index (κ1) is 15.8. The Labute approximate surface area is 137 Å². The number of ether oxygens (including phenoxy) is 1. The van der Waals surface area contributed by atoms with Crippen molar-refractivity contribution >= 4 is 32.6 Å². The highest BCUT2D eigenvalue weighted by molar-refractivity contribution is 7.92. The highest BCUT2D eigenvalue weighted by Crippen LogP contribution is 2.27. The number of carbonyl (C=O) groups excluding carboxylic acids is 1. The number of nitrogens with one attached hydrogen (secondary N) is 2. The van der Waals surface area contributed by atoms with Crippen molar-refractivity contribution in [1.29, 1.82) is 0 Å². The molecule has 1 heterocycles. The van der Waals surface area contributed by atoms with Crippen LogP contribution in [0.25, 0.3) is 10.9 Å². The Morgan fingerprint density at radius 2 is 2.04 bits per heavy atom. The molecule has 0 fully saturated rings. The van der Waals surface area contributed by atoms with E-state index in [2.05, 4.69) is 14.9 Å². The van der Waals surface area contributed by atoms with Crippen molar-refractivity contribution in [3.63, 3.8) is 0 Å². The predicted octanol–water partition coefficient (Wildman–Crippen LogP) is 0.736. The summed E-state index contributed by atoms with van der Waals surface area (Å²) in [6.07, 6.45) is 1.61. The number of aromatic carboxylic acids is 1. The first-order valence-electron chi connectivity index (χ1n) is 6.76. The molecule has 8 nitrogen and oxygen atoms in total. The summed E-state index contributed by atoms with van der Waals surface area (Å²) < 4.78 is 32.6. The van der Waals surface area contributed by atoms with Gasteiger partial charge in [0.1, 0.15) is 10.6 Å². The van der Waals surface area contributed by atoms with E-state index in [0.717, 1.165) is 11.5 Å². The normalized spacial score (nSPS) is 11.4. The maximum atomic E-state index is 12.6. The van der Waals surface area contributed by atoms with E-state index in [1.54, 1.807) is 24.4 Å². The van der Waals surface area contributed by atoms with E-state index in [0.29, 0.717) is 11.2 Å². The molecule has 2 N–H and O–H groups in total. The fourth-order valence-corrected chi connectivity index (χ4v) is 3.47. The van der Waals surface area contributed by atoms with Gasteiger partial charge < -0.3 is 14.6 Å². The van der Waals surface area contributed by atoms with Gasteiger partial charge in [-0.15, -0.1) is 0 Å². The number of hydrogen-bond donors (Lipinski definition) is 2. The van der Waals surface area contributed by atoms with Gasteiger partial charge in [0.05, 0.1) is 30.5 Å². The van der Waals surface area contributed by atoms with Gasteiger partial charge in [-0.25, -0.2) is 8.42 Å². The number of methoxy groups -OCH3 is 1. The summed E-state index contributed by atoms with van der Waals surface area (Å²) in [5.74, 6) is -1.46. The topological polar surface area (TPSA) is 124 Å². The number of carbonyl (C=O) groups is 1. The van der Waals surface area contributed by atoms with Crippen molar-refractivity contribution in [2.24, 2.45) is 0 Å². The van der Waals surface area contributed by atoms with Crippen LogP contribution in [-0.4, -0.2) is 31.7 Å². The number of hydrogen-bond acceptors (Lipinski definition) is 6. The summed E-state index contributed by atoms with van der Waals surface area (Å²) in [5, 5.41) is 18.4. The smallest absolute Gasteiger partial charge is 0.265 e. The average Bonchev–Trinajstić information content (AvgIpc) is 3.01. The molecule has 24 heavy (non-hydrogen) atoms. The quantitative estimate of drug-likeness (QED) is 0.702. The van der Waals surface area contributed by atoms with Gasteiger partial charge >= 0.3 is 0 Å². The third-order valence-electron chi connectivity index (χ3n) is 3.38. The Morgan fingerprint density at radius 3 is 2.75 bits per heavy atom. The lowest BCUT2D eigenvalue weighted by Gasteiger charge is -2.13. The summed E-state index contributed by atoms with van der Waals surface area (Å²) in [5.41, 5.74) is 0.693. The molecule has 9 heteroatoms. The lowest BCUT2D eigenvalue weighted by Crippen LogP contribution is -2.23. The molecule has 0 unspecified atom stereocenters. The van der Waals surface area contributed by atoms with Crippen LogP contribution in [0.4, 0.5) is 5.69 Å². The molecule has 0 aliphatic heterocycles. The van der Waals surface area contributed by atoms with E-state index < -0.39 is 16.0 Å². The van der Waals surface area contributed by atoms with E-state index in [1.165, 1.54) is 19.2 Å². The standard InChI is InChI=1S/C15H13N3O5S/c1-23-13-5-3-9(15(19)20)6-14(13)24(21,22)18-11-4-2-10-8-16-17-12(10)7-11/h2-8,18H,1H3,(H,16,17)(H,19,20)/p-1. The minimum atomic E-state index is -4.06. The first-order chi connectivity index (χ1) is 11.4. The molecule has 0 aliphatic carbocycles. The van der Waals surface area contributed by atoms with E-state index in [4.69, 9.17) is 4.74 Å². The minimum absolute atomic E-state index is 0.0233. The van der Waals surface area contributed by atoms with Crippen LogP contribution >= 0.6 is 0 Å². The Morgan fingerprint density at radius 1 is 1.25 bits per heavy atom. The second-order valence-electron chi connectivity index (χ2n) is 4.93. The summed E-state index contributed by atoms with van der Waals surface area (Å²) >= 11 is 0. The van der Waals surface area contributed by atoms with Gasteiger partial charge in [-0.3, -0.25) is 9.82 Å².